The molecule has 92 valence electrons. The van der Waals surface area contributed by atoms with Crippen LogP contribution in [-0.4, -0.2) is 28.9 Å². The third-order valence-corrected chi connectivity index (χ3v) is 3.17. The van der Waals surface area contributed by atoms with Crippen LogP contribution in [0.15, 0.2) is 18.3 Å². The van der Waals surface area contributed by atoms with Crippen LogP contribution in [-0.2, 0) is 5.41 Å². The Morgan fingerprint density at radius 3 is 2.35 bits per heavy atom. The van der Waals surface area contributed by atoms with Gasteiger partial charge in [-0.3, -0.25) is 9.78 Å². The Kier molecular flexibility index (Phi) is 3.18. The van der Waals surface area contributed by atoms with Gasteiger partial charge in [0.15, 0.2) is 0 Å². The topological polar surface area (TPSA) is 33.2 Å². The first-order valence-corrected chi connectivity index (χ1v) is 6.24. The van der Waals surface area contributed by atoms with Crippen molar-refractivity contribution in [1.82, 2.24) is 9.88 Å². The van der Waals surface area contributed by atoms with Crippen molar-refractivity contribution in [2.45, 2.75) is 39.0 Å². The van der Waals surface area contributed by atoms with Gasteiger partial charge in [0.2, 0.25) is 0 Å². The van der Waals surface area contributed by atoms with Gasteiger partial charge in [0, 0.05) is 30.4 Å². The van der Waals surface area contributed by atoms with Crippen molar-refractivity contribution >= 4 is 5.91 Å². The molecule has 1 saturated heterocycles. The second-order valence-electron chi connectivity index (χ2n) is 5.68. The average Bonchev–Trinajstić information content (AvgIpc) is 2.80. The molecule has 0 aromatic carbocycles. The Hall–Kier alpha value is -1.38. The van der Waals surface area contributed by atoms with Crippen molar-refractivity contribution in [2.24, 2.45) is 0 Å². The minimum Gasteiger partial charge on any atom is -0.339 e. The zero-order valence-electron chi connectivity index (χ0n) is 10.9. The molecule has 0 atom stereocenters. The third-order valence-electron chi connectivity index (χ3n) is 3.17. The number of likely N-dealkylation sites (tertiary alicyclic amines) is 1. The first-order valence-electron chi connectivity index (χ1n) is 6.24. The van der Waals surface area contributed by atoms with Crippen molar-refractivity contribution in [3.63, 3.8) is 0 Å². The van der Waals surface area contributed by atoms with Crippen molar-refractivity contribution in [2.75, 3.05) is 13.1 Å². The van der Waals surface area contributed by atoms with Gasteiger partial charge in [0.05, 0.1) is 5.56 Å². The fourth-order valence-electron chi connectivity index (χ4n) is 2.07. The molecule has 3 heteroatoms. The highest BCUT2D eigenvalue weighted by Crippen LogP contribution is 2.20. The zero-order valence-corrected chi connectivity index (χ0v) is 10.9. The highest BCUT2D eigenvalue weighted by atomic mass is 16.2. The lowest BCUT2D eigenvalue weighted by molar-refractivity contribution is 0.0792. The monoisotopic (exact) mass is 232 g/mol. The van der Waals surface area contributed by atoms with Gasteiger partial charge in [-0.2, -0.15) is 0 Å². The molecular formula is C14H20N2O. The van der Waals surface area contributed by atoms with Crippen LogP contribution in [0.2, 0.25) is 0 Å². The van der Waals surface area contributed by atoms with Crippen LogP contribution in [0.5, 0.6) is 0 Å². The first kappa shape index (κ1) is 12.1. The molecule has 2 rings (SSSR count). The number of hydrogen-bond acceptors (Lipinski definition) is 2. The smallest absolute Gasteiger partial charge is 0.255 e. The molecule has 3 nitrogen and oxygen atoms in total. The number of amides is 1. The lowest BCUT2D eigenvalue weighted by Crippen LogP contribution is -2.27. The molecule has 0 radical (unpaired) electrons. The van der Waals surface area contributed by atoms with E-state index in [1.165, 1.54) is 0 Å². The molecule has 1 aliphatic rings. The molecule has 0 aliphatic carbocycles. The summed E-state index contributed by atoms with van der Waals surface area (Å²) >= 11 is 0. The van der Waals surface area contributed by atoms with Gasteiger partial charge in [-0.25, -0.2) is 0 Å². The number of rotatable bonds is 1. The van der Waals surface area contributed by atoms with Crippen LogP contribution < -0.4 is 0 Å². The van der Waals surface area contributed by atoms with Crippen molar-refractivity contribution in [3.05, 3.63) is 29.6 Å². The van der Waals surface area contributed by atoms with Gasteiger partial charge < -0.3 is 4.90 Å². The summed E-state index contributed by atoms with van der Waals surface area (Å²) < 4.78 is 0. The van der Waals surface area contributed by atoms with Crippen molar-refractivity contribution < 1.29 is 4.79 Å². The van der Waals surface area contributed by atoms with Crippen LogP contribution in [0, 0.1) is 0 Å². The summed E-state index contributed by atoms with van der Waals surface area (Å²) in [5.41, 5.74) is 1.77. The van der Waals surface area contributed by atoms with Gasteiger partial charge in [-0.15, -0.1) is 0 Å². The van der Waals surface area contributed by atoms with E-state index in [1.807, 2.05) is 17.0 Å². The SMILES string of the molecule is CC(C)(C)c1ccc(C(=O)N2CCCC2)cn1. The van der Waals surface area contributed by atoms with Crippen molar-refractivity contribution in [1.29, 1.82) is 0 Å². The van der Waals surface area contributed by atoms with E-state index in [9.17, 15) is 4.79 Å². The molecule has 0 N–H and O–H groups in total. The largest absolute Gasteiger partial charge is 0.339 e. The predicted octanol–water partition coefficient (Wildman–Crippen LogP) is 2.62. The van der Waals surface area contributed by atoms with Crippen LogP contribution >= 0.6 is 0 Å². The summed E-state index contributed by atoms with van der Waals surface area (Å²) in [6, 6.07) is 3.86. The maximum Gasteiger partial charge on any atom is 0.255 e. The van der Waals surface area contributed by atoms with Crippen molar-refractivity contribution in [3.8, 4) is 0 Å². The summed E-state index contributed by atoms with van der Waals surface area (Å²) in [7, 11) is 0. The van der Waals surface area contributed by atoms with Crippen LogP contribution in [0.3, 0.4) is 0 Å². The van der Waals surface area contributed by atoms with Gasteiger partial charge >= 0.3 is 0 Å². The van der Waals surface area contributed by atoms with Gasteiger partial charge in [-0.1, -0.05) is 20.8 Å². The summed E-state index contributed by atoms with van der Waals surface area (Å²) in [6.45, 7) is 8.14. The van der Waals surface area contributed by atoms with Gasteiger partial charge in [0.25, 0.3) is 5.91 Å². The average molecular weight is 232 g/mol. The number of carbonyl (C=O) groups is 1. The Labute approximate surface area is 103 Å². The Morgan fingerprint density at radius 2 is 1.88 bits per heavy atom. The van der Waals surface area contributed by atoms with E-state index in [1.54, 1.807) is 6.20 Å². The van der Waals surface area contributed by atoms with E-state index in [0.29, 0.717) is 5.56 Å². The predicted molar refractivity (Wildman–Crippen MR) is 68.1 cm³/mol. The molecule has 0 saturated carbocycles. The van der Waals surface area contributed by atoms with E-state index in [2.05, 4.69) is 25.8 Å². The molecule has 1 aromatic heterocycles. The number of nitrogens with zero attached hydrogens (tertiary/aromatic N) is 2. The van der Waals surface area contributed by atoms with E-state index < -0.39 is 0 Å². The van der Waals surface area contributed by atoms with Gasteiger partial charge in [0.1, 0.15) is 0 Å². The highest BCUT2D eigenvalue weighted by Gasteiger charge is 2.21. The summed E-state index contributed by atoms with van der Waals surface area (Å²) in [4.78, 5) is 18.4. The van der Waals surface area contributed by atoms with E-state index in [4.69, 9.17) is 0 Å². The summed E-state index contributed by atoms with van der Waals surface area (Å²) in [6.07, 6.45) is 3.96. The molecule has 17 heavy (non-hydrogen) atoms. The lowest BCUT2D eigenvalue weighted by atomic mass is 9.91. The number of aromatic nitrogens is 1. The molecule has 1 aromatic rings. The molecule has 0 bridgehead atoms. The molecule has 2 heterocycles. The Morgan fingerprint density at radius 1 is 1.24 bits per heavy atom. The normalized spacial score (nSPS) is 16.3. The van der Waals surface area contributed by atoms with E-state index in [-0.39, 0.29) is 11.3 Å². The maximum absolute atomic E-state index is 12.1. The second kappa shape index (κ2) is 4.47. The Balaban J connectivity index is 2.15. The highest BCUT2D eigenvalue weighted by molar-refractivity contribution is 5.94. The molecule has 0 spiro atoms. The molecule has 1 fully saturated rings. The Bertz CT molecular complexity index is 397. The standard InChI is InChI=1S/C14H20N2O/c1-14(2,3)12-7-6-11(10-15-12)13(17)16-8-4-5-9-16/h6-7,10H,4-5,8-9H2,1-3H3. The van der Waals surface area contributed by atoms with Gasteiger partial charge in [-0.05, 0) is 25.0 Å². The first-order chi connectivity index (χ1) is 7.98. The number of hydrogen-bond donors (Lipinski definition) is 0. The third kappa shape index (κ3) is 2.65. The van der Waals surface area contributed by atoms with Crippen LogP contribution in [0.1, 0.15) is 49.7 Å². The minimum absolute atomic E-state index is 0.0369. The molecular weight excluding hydrogens is 212 g/mol. The zero-order chi connectivity index (χ0) is 12.5. The summed E-state index contributed by atoms with van der Waals surface area (Å²) in [5.74, 6) is 0.121. The van der Waals surface area contributed by atoms with E-state index >= 15 is 0 Å². The minimum atomic E-state index is 0.0369. The lowest BCUT2D eigenvalue weighted by Gasteiger charge is -2.19. The quantitative estimate of drug-likeness (QED) is 0.745. The second-order valence-corrected chi connectivity index (χ2v) is 5.68. The fourth-order valence-corrected chi connectivity index (χ4v) is 2.07. The van der Waals surface area contributed by atoms with Crippen LogP contribution in [0.25, 0.3) is 0 Å². The number of carbonyl (C=O) groups excluding carboxylic acids is 1. The summed E-state index contributed by atoms with van der Waals surface area (Å²) in [5, 5.41) is 0. The molecule has 1 aliphatic heterocycles. The molecule has 0 unspecified atom stereocenters. The maximum atomic E-state index is 12.1. The van der Waals surface area contributed by atoms with Crippen LogP contribution in [0.4, 0.5) is 0 Å². The fraction of sp³-hybridized carbons (Fsp3) is 0.571. The van der Waals surface area contributed by atoms with E-state index in [0.717, 1.165) is 31.6 Å². The molecule has 1 amide bonds. The number of pyridine rings is 1.